The number of hydrogen-bond donors (Lipinski definition) is 2. The molecule has 0 bridgehead atoms. The van der Waals surface area contributed by atoms with Crippen LogP contribution >= 0.6 is 0 Å². The van der Waals surface area contributed by atoms with Crippen LogP contribution in [0.3, 0.4) is 0 Å². The molecule has 1 aromatic carbocycles. The van der Waals surface area contributed by atoms with Gasteiger partial charge in [-0.3, -0.25) is 0 Å². The summed E-state index contributed by atoms with van der Waals surface area (Å²) in [4.78, 5) is 11.3. The fraction of sp³-hybridized carbons (Fsp3) is 0.462. The van der Waals surface area contributed by atoms with Gasteiger partial charge in [-0.2, -0.15) is 0 Å². The van der Waals surface area contributed by atoms with Crippen LogP contribution in [0, 0.1) is 0 Å². The van der Waals surface area contributed by atoms with Crippen LogP contribution in [0.25, 0.3) is 0 Å². The molecule has 0 atom stereocenters. The Morgan fingerprint density at radius 3 is 2.78 bits per heavy atom. The molecule has 2 amide bonds. The van der Waals surface area contributed by atoms with Gasteiger partial charge in [0.2, 0.25) is 0 Å². The molecule has 0 aromatic heterocycles. The van der Waals surface area contributed by atoms with E-state index in [1.54, 1.807) is 7.11 Å². The van der Waals surface area contributed by atoms with Crippen LogP contribution in [0.4, 0.5) is 4.79 Å². The molecule has 5 heteroatoms. The summed E-state index contributed by atoms with van der Waals surface area (Å²) >= 11 is 0. The Bertz CT molecular complexity index is 369. The Labute approximate surface area is 107 Å². The van der Waals surface area contributed by atoms with Crippen LogP contribution in [0.15, 0.2) is 24.3 Å². The van der Waals surface area contributed by atoms with Gasteiger partial charge >= 0.3 is 6.03 Å². The van der Waals surface area contributed by atoms with Gasteiger partial charge in [0, 0.05) is 13.7 Å². The summed E-state index contributed by atoms with van der Waals surface area (Å²) in [5.41, 5.74) is 1.12. The van der Waals surface area contributed by atoms with Gasteiger partial charge in [0.25, 0.3) is 0 Å². The average molecular weight is 252 g/mol. The third kappa shape index (κ3) is 5.05. The van der Waals surface area contributed by atoms with Gasteiger partial charge in [0.15, 0.2) is 6.73 Å². The topological polar surface area (TPSA) is 59.6 Å². The van der Waals surface area contributed by atoms with E-state index in [9.17, 15) is 4.79 Å². The first kappa shape index (κ1) is 14.3. The van der Waals surface area contributed by atoms with E-state index in [0.29, 0.717) is 13.2 Å². The van der Waals surface area contributed by atoms with Crippen molar-refractivity contribution in [3.8, 4) is 5.75 Å². The first-order chi connectivity index (χ1) is 8.77. The maximum absolute atomic E-state index is 11.3. The van der Waals surface area contributed by atoms with Gasteiger partial charge in [-0.15, -0.1) is 0 Å². The minimum absolute atomic E-state index is 0.149. The number of aryl methyl sites for hydroxylation is 1. The van der Waals surface area contributed by atoms with Crippen molar-refractivity contribution in [2.24, 2.45) is 0 Å². The summed E-state index contributed by atoms with van der Waals surface area (Å²) in [5.74, 6) is 0.803. The molecule has 0 aliphatic heterocycles. The van der Waals surface area contributed by atoms with Gasteiger partial charge in [0.05, 0.1) is 6.61 Å². The number of hydrogen-bond acceptors (Lipinski definition) is 3. The van der Waals surface area contributed by atoms with Gasteiger partial charge in [0.1, 0.15) is 5.75 Å². The van der Waals surface area contributed by atoms with E-state index in [1.807, 2.05) is 24.3 Å². The van der Waals surface area contributed by atoms with Gasteiger partial charge < -0.3 is 20.1 Å². The lowest BCUT2D eigenvalue weighted by Gasteiger charge is -2.11. The number of ether oxygens (including phenoxy) is 2. The molecule has 0 aliphatic carbocycles. The quantitative estimate of drug-likeness (QED) is 0.571. The second kappa shape index (κ2) is 8.36. The lowest BCUT2D eigenvalue weighted by molar-refractivity contribution is 0.192. The predicted molar refractivity (Wildman–Crippen MR) is 69.7 cm³/mol. The molecule has 5 nitrogen and oxygen atoms in total. The number of rotatable bonds is 7. The number of carbonyl (C=O) groups excluding carboxylic acids is 1. The van der Waals surface area contributed by atoms with Gasteiger partial charge in [-0.05, 0) is 18.1 Å². The summed E-state index contributed by atoms with van der Waals surface area (Å²) < 4.78 is 10.3. The molecule has 0 heterocycles. The van der Waals surface area contributed by atoms with Crippen molar-refractivity contribution in [3.63, 3.8) is 0 Å². The highest BCUT2D eigenvalue weighted by Gasteiger charge is 2.02. The maximum Gasteiger partial charge on any atom is 0.317 e. The second-order valence-electron chi connectivity index (χ2n) is 3.68. The number of carbonyl (C=O) groups is 1. The molecule has 0 spiro atoms. The van der Waals surface area contributed by atoms with E-state index in [4.69, 9.17) is 9.47 Å². The standard InChI is InChI=1S/C13H20N2O3/c1-3-11-6-4-5-7-12(11)18-10-15-13(16)14-8-9-17-2/h4-7H,3,8-10H2,1-2H3,(H2,14,15,16). The molecule has 100 valence electrons. The van der Waals surface area contributed by atoms with Crippen LogP contribution in [0.1, 0.15) is 12.5 Å². The van der Waals surface area contributed by atoms with Crippen molar-refractivity contribution in [2.45, 2.75) is 13.3 Å². The van der Waals surface area contributed by atoms with Crippen LogP contribution in [0.5, 0.6) is 5.75 Å². The van der Waals surface area contributed by atoms with Crippen molar-refractivity contribution in [3.05, 3.63) is 29.8 Å². The normalized spacial score (nSPS) is 9.89. The van der Waals surface area contributed by atoms with E-state index in [0.717, 1.165) is 17.7 Å². The Hall–Kier alpha value is -1.75. The fourth-order valence-corrected chi connectivity index (χ4v) is 1.45. The highest BCUT2D eigenvalue weighted by molar-refractivity contribution is 5.73. The van der Waals surface area contributed by atoms with E-state index in [2.05, 4.69) is 17.6 Å². The molecule has 0 aliphatic rings. The van der Waals surface area contributed by atoms with Crippen molar-refractivity contribution in [1.29, 1.82) is 0 Å². The molecular formula is C13H20N2O3. The van der Waals surface area contributed by atoms with Crippen LogP contribution < -0.4 is 15.4 Å². The molecule has 0 radical (unpaired) electrons. The molecule has 0 unspecified atom stereocenters. The van der Waals surface area contributed by atoms with Crippen molar-refractivity contribution >= 4 is 6.03 Å². The highest BCUT2D eigenvalue weighted by atomic mass is 16.5. The largest absolute Gasteiger partial charge is 0.473 e. The summed E-state index contributed by atoms with van der Waals surface area (Å²) in [6.45, 7) is 3.18. The number of benzene rings is 1. The molecule has 1 rings (SSSR count). The first-order valence-electron chi connectivity index (χ1n) is 5.99. The number of urea groups is 1. The van der Waals surface area contributed by atoms with E-state index in [1.165, 1.54) is 0 Å². The van der Waals surface area contributed by atoms with Crippen LogP contribution in [-0.4, -0.2) is 33.0 Å². The minimum Gasteiger partial charge on any atom is -0.473 e. The highest BCUT2D eigenvalue weighted by Crippen LogP contribution is 2.17. The maximum atomic E-state index is 11.3. The summed E-state index contributed by atoms with van der Waals surface area (Å²) in [5, 5.41) is 5.26. The Kier molecular flexibility index (Phi) is 6.64. The van der Waals surface area contributed by atoms with Crippen molar-refractivity contribution in [2.75, 3.05) is 27.0 Å². The lowest BCUT2D eigenvalue weighted by Crippen LogP contribution is -2.39. The number of amides is 2. The van der Waals surface area contributed by atoms with Crippen molar-refractivity contribution in [1.82, 2.24) is 10.6 Å². The lowest BCUT2D eigenvalue weighted by atomic mass is 10.1. The molecule has 0 saturated carbocycles. The SMILES string of the molecule is CCc1ccccc1OCNC(=O)NCCOC. The summed E-state index contributed by atoms with van der Waals surface area (Å²) in [6.07, 6.45) is 0.899. The number of methoxy groups -OCH3 is 1. The Morgan fingerprint density at radius 1 is 1.28 bits per heavy atom. The molecule has 0 saturated heterocycles. The zero-order valence-corrected chi connectivity index (χ0v) is 10.9. The third-order valence-electron chi connectivity index (χ3n) is 2.41. The minimum atomic E-state index is -0.263. The van der Waals surface area contributed by atoms with Crippen LogP contribution in [0.2, 0.25) is 0 Å². The second-order valence-corrected chi connectivity index (χ2v) is 3.68. The number of nitrogens with one attached hydrogen (secondary N) is 2. The van der Waals surface area contributed by atoms with E-state index in [-0.39, 0.29) is 12.8 Å². The summed E-state index contributed by atoms with van der Waals surface area (Å²) in [7, 11) is 1.59. The van der Waals surface area contributed by atoms with E-state index < -0.39 is 0 Å². The van der Waals surface area contributed by atoms with Gasteiger partial charge in [-0.1, -0.05) is 25.1 Å². The third-order valence-corrected chi connectivity index (χ3v) is 2.41. The summed E-state index contributed by atoms with van der Waals surface area (Å²) in [6, 6.07) is 7.52. The number of para-hydroxylation sites is 1. The van der Waals surface area contributed by atoms with E-state index >= 15 is 0 Å². The first-order valence-corrected chi connectivity index (χ1v) is 5.99. The van der Waals surface area contributed by atoms with Crippen molar-refractivity contribution < 1.29 is 14.3 Å². The van der Waals surface area contributed by atoms with Gasteiger partial charge in [-0.25, -0.2) is 4.79 Å². The molecule has 18 heavy (non-hydrogen) atoms. The fourth-order valence-electron chi connectivity index (χ4n) is 1.45. The Balaban J connectivity index is 2.26. The molecule has 0 fully saturated rings. The zero-order valence-electron chi connectivity index (χ0n) is 10.9. The predicted octanol–water partition coefficient (Wildman–Crippen LogP) is 1.53. The molecule has 1 aromatic rings. The average Bonchev–Trinajstić information content (AvgIpc) is 2.39. The smallest absolute Gasteiger partial charge is 0.317 e. The zero-order chi connectivity index (χ0) is 13.2. The molecule has 2 N–H and O–H groups in total. The van der Waals surface area contributed by atoms with Crippen LogP contribution in [-0.2, 0) is 11.2 Å². The molecular weight excluding hydrogens is 232 g/mol. The Morgan fingerprint density at radius 2 is 2.06 bits per heavy atom. The monoisotopic (exact) mass is 252 g/mol.